The molecule has 0 fully saturated rings. The zero-order chi connectivity index (χ0) is 13.7. The number of carbonyl (C=O) groups excluding carboxylic acids is 1. The third kappa shape index (κ3) is 3.69. The lowest BCUT2D eigenvalue weighted by molar-refractivity contribution is 0.102. The van der Waals surface area contributed by atoms with Gasteiger partial charge in [-0.2, -0.15) is 0 Å². The Hall–Kier alpha value is -2.07. The summed E-state index contributed by atoms with van der Waals surface area (Å²) in [6, 6.07) is 10.2. The van der Waals surface area contributed by atoms with Gasteiger partial charge in [0.05, 0.1) is 11.6 Å². The summed E-state index contributed by atoms with van der Waals surface area (Å²) in [6.45, 7) is 2.51. The maximum Gasteiger partial charge on any atom is 0.256 e. The summed E-state index contributed by atoms with van der Waals surface area (Å²) in [7, 11) is 0. The number of rotatable bonds is 4. The van der Waals surface area contributed by atoms with E-state index >= 15 is 0 Å². The Bertz CT molecular complexity index is 553. The molecule has 1 amide bonds. The van der Waals surface area contributed by atoms with Gasteiger partial charge in [0.2, 0.25) is 0 Å². The van der Waals surface area contributed by atoms with E-state index in [0.717, 1.165) is 5.75 Å². The molecule has 0 bridgehead atoms. The molecular weight excluding hydrogens is 264 g/mol. The minimum absolute atomic E-state index is 0.224. The van der Waals surface area contributed by atoms with E-state index in [1.165, 1.54) is 6.20 Å². The van der Waals surface area contributed by atoms with Crippen LogP contribution in [0.15, 0.2) is 42.6 Å². The van der Waals surface area contributed by atoms with Crippen LogP contribution in [0, 0.1) is 0 Å². The van der Waals surface area contributed by atoms with Crippen molar-refractivity contribution >= 4 is 23.3 Å². The van der Waals surface area contributed by atoms with Gasteiger partial charge in [-0.3, -0.25) is 4.79 Å². The summed E-state index contributed by atoms with van der Waals surface area (Å²) in [5.41, 5.74) is 0.542. The van der Waals surface area contributed by atoms with Gasteiger partial charge in [0.1, 0.15) is 11.6 Å². The molecular formula is C14H13ClN2O2. The standard InChI is InChI=1S/C14H13ClN2O2/c1-2-19-12-6-3-10(4-7-12)14(18)17-13-8-5-11(15)9-16-13/h3-9H,2H2,1H3,(H,16,17,18). The maximum absolute atomic E-state index is 11.9. The van der Waals surface area contributed by atoms with E-state index in [2.05, 4.69) is 10.3 Å². The van der Waals surface area contributed by atoms with Gasteiger partial charge >= 0.3 is 0 Å². The average molecular weight is 277 g/mol. The van der Waals surface area contributed by atoms with Crippen LogP contribution < -0.4 is 10.1 Å². The highest BCUT2D eigenvalue weighted by molar-refractivity contribution is 6.30. The lowest BCUT2D eigenvalue weighted by Gasteiger charge is -2.06. The molecule has 2 aromatic rings. The molecule has 1 heterocycles. The Labute approximate surface area is 116 Å². The van der Waals surface area contributed by atoms with Crippen LogP contribution in [0.2, 0.25) is 5.02 Å². The van der Waals surface area contributed by atoms with Gasteiger partial charge < -0.3 is 10.1 Å². The van der Waals surface area contributed by atoms with Crippen molar-refractivity contribution in [3.05, 3.63) is 53.2 Å². The minimum Gasteiger partial charge on any atom is -0.494 e. The van der Waals surface area contributed by atoms with Gasteiger partial charge in [-0.25, -0.2) is 4.98 Å². The van der Waals surface area contributed by atoms with Crippen molar-refractivity contribution in [3.63, 3.8) is 0 Å². The summed E-state index contributed by atoms with van der Waals surface area (Å²) >= 11 is 5.72. The fourth-order valence-corrected chi connectivity index (χ4v) is 1.62. The van der Waals surface area contributed by atoms with Crippen molar-refractivity contribution in [2.24, 2.45) is 0 Å². The van der Waals surface area contributed by atoms with Crippen molar-refractivity contribution in [2.45, 2.75) is 6.92 Å². The number of carbonyl (C=O) groups is 1. The van der Waals surface area contributed by atoms with E-state index in [0.29, 0.717) is 23.0 Å². The first-order chi connectivity index (χ1) is 9.19. The fourth-order valence-electron chi connectivity index (χ4n) is 1.51. The highest BCUT2D eigenvalue weighted by atomic mass is 35.5. The molecule has 0 aliphatic rings. The largest absolute Gasteiger partial charge is 0.494 e. The van der Waals surface area contributed by atoms with Crippen molar-refractivity contribution in [2.75, 3.05) is 11.9 Å². The van der Waals surface area contributed by atoms with Gasteiger partial charge in [-0.1, -0.05) is 11.6 Å². The number of nitrogens with zero attached hydrogens (tertiary/aromatic N) is 1. The van der Waals surface area contributed by atoms with Crippen molar-refractivity contribution in [3.8, 4) is 5.75 Å². The molecule has 4 nitrogen and oxygen atoms in total. The third-order valence-corrected chi connectivity index (χ3v) is 2.62. The van der Waals surface area contributed by atoms with Crippen molar-refractivity contribution in [1.29, 1.82) is 0 Å². The first-order valence-electron chi connectivity index (χ1n) is 5.85. The van der Waals surface area contributed by atoms with Crippen LogP contribution >= 0.6 is 11.6 Å². The van der Waals surface area contributed by atoms with Crippen LogP contribution in [0.25, 0.3) is 0 Å². The second-order valence-electron chi connectivity index (χ2n) is 3.77. The van der Waals surface area contributed by atoms with Crippen LogP contribution in [0.4, 0.5) is 5.82 Å². The summed E-state index contributed by atoms with van der Waals surface area (Å²) in [5.74, 6) is 0.977. The number of ether oxygens (including phenoxy) is 1. The van der Waals surface area contributed by atoms with E-state index < -0.39 is 0 Å². The molecule has 0 spiro atoms. The molecule has 0 radical (unpaired) electrons. The molecule has 0 aliphatic carbocycles. The lowest BCUT2D eigenvalue weighted by atomic mass is 10.2. The smallest absolute Gasteiger partial charge is 0.256 e. The number of anilines is 1. The second kappa shape index (κ2) is 6.20. The van der Waals surface area contributed by atoms with Gasteiger partial charge in [-0.15, -0.1) is 0 Å². The summed E-state index contributed by atoms with van der Waals surface area (Å²) in [6.07, 6.45) is 1.48. The highest BCUT2D eigenvalue weighted by Crippen LogP contribution is 2.14. The molecule has 0 atom stereocenters. The van der Waals surface area contributed by atoms with Gasteiger partial charge in [0, 0.05) is 11.8 Å². The predicted octanol–water partition coefficient (Wildman–Crippen LogP) is 3.39. The summed E-state index contributed by atoms with van der Waals surface area (Å²) < 4.78 is 5.31. The molecule has 0 saturated heterocycles. The third-order valence-electron chi connectivity index (χ3n) is 2.40. The lowest BCUT2D eigenvalue weighted by Crippen LogP contribution is -2.12. The number of amides is 1. The van der Waals surface area contributed by atoms with Gasteiger partial charge in [0.25, 0.3) is 5.91 Å². The van der Waals surface area contributed by atoms with Crippen LogP contribution in [0.5, 0.6) is 5.75 Å². The first-order valence-corrected chi connectivity index (χ1v) is 6.22. The maximum atomic E-state index is 11.9. The van der Waals surface area contributed by atoms with Crippen molar-refractivity contribution in [1.82, 2.24) is 4.98 Å². The second-order valence-corrected chi connectivity index (χ2v) is 4.21. The Morgan fingerprint density at radius 3 is 2.58 bits per heavy atom. The fraction of sp³-hybridized carbons (Fsp3) is 0.143. The zero-order valence-electron chi connectivity index (χ0n) is 10.4. The Morgan fingerprint density at radius 1 is 1.26 bits per heavy atom. The average Bonchev–Trinajstić information content (AvgIpc) is 2.42. The minimum atomic E-state index is -0.224. The topological polar surface area (TPSA) is 51.2 Å². The highest BCUT2D eigenvalue weighted by Gasteiger charge is 2.06. The van der Waals surface area contributed by atoms with E-state index in [4.69, 9.17) is 16.3 Å². The molecule has 19 heavy (non-hydrogen) atoms. The molecule has 1 N–H and O–H groups in total. The molecule has 0 unspecified atom stereocenters. The molecule has 1 aromatic heterocycles. The number of aromatic nitrogens is 1. The van der Waals surface area contributed by atoms with Crippen LogP contribution in [-0.4, -0.2) is 17.5 Å². The zero-order valence-corrected chi connectivity index (χ0v) is 11.1. The van der Waals surface area contributed by atoms with Gasteiger partial charge in [-0.05, 0) is 43.3 Å². The Kier molecular flexibility index (Phi) is 4.36. The number of pyridine rings is 1. The number of halogens is 1. The Balaban J connectivity index is 2.05. The molecule has 5 heteroatoms. The number of nitrogens with one attached hydrogen (secondary N) is 1. The van der Waals surface area contributed by atoms with Gasteiger partial charge in [0.15, 0.2) is 0 Å². The molecule has 1 aromatic carbocycles. The van der Waals surface area contributed by atoms with E-state index in [9.17, 15) is 4.79 Å². The van der Waals surface area contributed by atoms with Crippen molar-refractivity contribution < 1.29 is 9.53 Å². The predicted molar refractivity (Wildman–Crippen MR) is 74.8 cm³/mol. The van der Waals surface area contributed by atoms with E-state index in [1.54, 1.807) is 36.4 Å². The molecule has 0 saturated carbocycles. The number of hydrogen-bond acceptors (Lipinski definition) is 3. The monoisotopic (exact) mass is 276 g/mol. The van der Waals surface area contributed by atoms with E-state index in [1.807, 2.05) is 6.92 Å². The molecule has 98 valence electrons. The first kappa shape index (κ1) is 13.4. The summed E-state index contributed by atoms with van der Waals surface area (Å²) in [4.78, 5) is 15.9. The van der Waals surface area contributed by atoms with Crippen LogP contribution in [0.3, 0.4) is 0 Å². The van der Waals surface area contributed by atoms with E-state index in [-0.39, 0.29) is 5.91 Å². The normalized spacial score (nSPS) is 10.0. The quantitative estimate of drug-likeness (QED) is 0.931. The number of benzene rings is 1. The SMILES string of the molecule is CCOc1ccc(C(=O)Nc2ccc(Cl)cn2)cc1. The summed E-state index contributed by atoms with van der Waals surface area (Å²) in [5, 5.41) is 3.21. The van der Waals surface area contributed by atoms with Crippen LogP contribution in [0.1, 0.15) is 17.3 Å². The number of hydrogen-bond donors (Lipinski definition) is 1. The van der Waals surface area contributed by atoms with Crippen LogP contribution in [-0.2, 0) is 0 Å². The molecule has 0 aliphatic heterocycles. The molecule has 2 rings (SSSR count). The Morgan fingerprint density at radius 2 is 2.00 bits per heavy atom.